The van der Waals surface area contributed by atoms with Crippen molar-refractivity contribution in [1.29, 1.82) is 0 Å². The van der Waals surface area contributed by atoms with Gasteiger partial charge in [-0.05, 0) is 6.42 Å². The lowest BCUT2D eigenvalue weighted by Crippen LogP contribution is -2.15. The zero-order valence-electron chi connectivity index (χ0n) is 10.5. The molecule has 6 nitrogen and oxygen atoms in total. The Kier molecular flexibility index (Phi) is 4.49. The fourth-order valence-electron chi connectivity index (χ4n) is 1.75. The first-order chi connectivity index (χ1) is 9.11. The predicted molar refractivity (Wildman–Crippen MR) is 71.1 cm³/mol. The SMILES string of the molecule is CC(CCO)Sc1cc2c(cc1[N+](=O)[O-])OCCO2. The van der Waals surface area contributed by atoms with E-state index < -0.39 is 4.92 Å². The number of nitro groups is 1. The molecule has 0 aliphatic carbocycles. The standard InChI is InChI=1S/C12H15NO5S/c1-8(2-3-14)19-12-7-11-10(17-4-5-18-11)6-9(12)13(15)16/h6-8,14H,2-5H2,1H3. The Bertz CT molecular complexity index is 479. The van der Waals surface area contributed by atoms with E-state index in [1.165, 1.54) is 17.8 Å². The topological polar surface area (TPSA) is 81.8 Å². The lowest BCUT2D eigenvalue weighted by molar-refractivity contribution is -0.387. The summed E-state index contributed by atoms with van der Waals surface area (Å²) in [6.07, 6.45) is 0.580. The number of nitrogens with zero attached hydrogens (tertiary/aromatic N) is 1. The molecule has 0 aromatic heterocycles. The number of rotatable bonds is 5. The first-order valence-electron chi connectivity index (χ1n) is 5.97. The zero-order valence-corrected chi connectivity index (χ0v) is 11.3. The summed E-state index contributed by atoms with van der Waals surface area (Å²) in [5, 5.41) is 20.1. The predicted octanol–water partition coefficient (Wildman–Crippen LogP) is 2.23. The molecule has 1 heterocycles. The molecule has 19 heavy (non-hydrogen) atoms. The highest BCUT2D eigenvalue weighted by Crippen LogP contribution is 2.42. The first kappa shape index (κ1) is 14.0. The van der Waals surface area contributed by atoms with E-state index in [4.69, 9.17) is 14.6 Å². The van der Waals surface area contributed by atoms with Crippen LogP contribution < -0.4 is 9.47 Å². The summed E-state index contributed by atoms with van der Waals surface area (Å²) >= 11 is 1.36. The van der Waals surface area contributed by atoms with Crippen molar-refractivity contribution < 1.29 is 19.5 Å². The first-order valence-corrected chi connectivity index (χ1v) is 6.85. The second kappa shape index (κ2) is 6.12. The molecule has 1 atom stereocenters. The highest BCUT2D eigenvalue weighted by Gasteiger charge is 2.23. The molecule has 0 fully saturated rings. The molecule has 0 amide bonds. The number of hydrogen-bond donors (Lipinski definition) is 1. The van der Waals surface area contributed by atoms with Crippen LogP contribution in [0.15, 0.2) is 17.0 Å². The van der Waals surface area contributed by atoms with Crippen LogP contribution in [0, 0.1) is 10.1 Å². The summed E-state index contributed by atoms with van der Waals surface area (Å²) in [6.45, 7) is 2.83. The molecule has 1 aromatic rings. The summed E-state index contributed by atoms with van der Waals surface area (Å²) in [7, 11) is 0. The van der Waals surface area contributed by atoms with Crippen molar-refractivity contribution in [1.82, 2.24) is 0 Å². The Morgan fingerprint density at radius 1 is 1.42 bits per heavy atom. The maximum absolute atomic E-state index is 11.1. The van der Waals surface area contributed by atoms with Gasteiger partial charge in [0, 0.05) is 17.9 Å². The average molecular weight is 285 g/mol. The molecule has 7 heteroatoms. The highest BCUT2D eigenvalue weighted by molar-refractivity contribution is 8.00. The number of aliphatic hydroxyl groups excluding tert-OH is 1. The van der Waals surface area contributed by atoms with Crippen molar-refractivity contribution in [2.45, 2.75) is 23.5 Å². The zero-order chi connectivity index (χ0) is 13.8. The van der Waals surface area contributed by atoms with Gasteiger partial charge in [-0.3, -0.25) is 10.1 Å². The van der Waals surface area contributed by atoms with Gasteiger partial charge in [0.25, 0.3) is 5.69 Å². The van der Waals surface area contributed by atoms with E-state index in [1.54, 1.807) is 6.07 Å². The summed E-state index contributed by atoms with van der Waals surface area (Å²) in [4.78, 5) is 11.2. The van der Waals surface area contributed by atoms with Gasteiger partial charge < -0.3 is 14.6 Å². The smallest absolute Gasteiger partial charge is 0.286 e. The van der Waals surface area contributed by atoms with Crippen molar-refractivity contribution in [3.8, 4) is 11.5 Å². The molecular weight excluding hydrogens is 270 g/mol. The third-order valence-corrected chi connectivity index (χ3v) is 3.90. The number of benzene rings is 1. The van der Waals surface area contributed by atoms with Crippen molar-refractivity contribution >= 4 is 17.4 Å². The minimum absolute atomic E-state index is 0.0130. The molecule has 0 saturated carbocycles. The molecule has 0 bridgehead atoms. The number of thioether (sulfide) groups is 1. The molecule has 104 valence electrons. The Morgan fingerprint density at radius 3 is 2.63 bits per heavy atom. The number of aliphatic hydroxyl groups is 1. The number of hydrogen-bond acceptors (Lipinski definition) is 6. The maximum atomic E-state index is 11.1. The van der Waals surface area contributed by atoms with E-state index in [-0.39, 0.29) is 17.5 Å². The third-order valence-electron chi connectivity index (χ3n) is 2.68. The van der Waals surface area contributed by atoms with E-state index in [9.17, 15) is 10.1 Å². The van der Waals surface area contributed by atoms with Gasteiger partial charge in [0.05, 0.1) is 15.9 Å². The van der Waals surface area contributed by atoms with E-state index in [0.29, 0.717) is 36.0 Å². The van der Waals surface area contributed by atoms with Crippen molar-refractivity contribution in [3.63, 3.8) is 0 Å². The molecule has 1 aliphatic heterocycles. The van der Waals surface area contributed by atoms with Crippen molar-refractivity contribution in [2.75, 3.05) is 19.8 Å². The molecule has 1 aliphatic rings. The van der Waals surface area contributed by atoms with E-state index in [1.807, 2.05) is 6.92 Å². The monoisotopic (exact) mass is 285 g/mol. The van der Waals surface area contributed by atoms with Crippen LogP contribution in [0.3, 0.4) is 0 Å². The molecule has 0 radical (unpaired) electrons. The van der Waals surface area contributed by atoms with Gasteiger partial charge in [-0.25, -0.2) is 0 Å². The third kappa shape index (κ3) is 3.30. The van der Waals surface area contributed by atoms with Crippen LogP contribution in [-0.4, -0.2) is 35.1 Å². The van der Waals surface area contributed by atoms with E-state index in [2.05, 4.69) is 0 Å². The molecule has 1 unspecified atom stereocenters. The molecular formula is C12H15NO5S. The fourth-order valence-corrected chi connectivity index (χ4v) is 2.84. The van der Waals surface area contributed by atoms with Crippen LogP contribution in [0.2, 0.25) is 0 Å². The van der Waals surface area contributed by atoms with Crippen LogP contribution in [0.5, 0.6) is 11.5 Å². The molecule has 2 rings (SSSR count). The van der Waals surface area contributed by atoms with Gasteiger partial charge in [-0.2, -0.15) is 0 Å². The molecule has 0 spiro atoms. The highest BCUT2D eigenvalue weighted by atomic mass is 32.2. The summed E-state index contributed by atoms with van der Waals surface area (Å²) in [5.41, 5.74) is 0.0130. The van der Waals surface area contributed by atoms with Gasteiger partial charge in [0.15, 0.2) is 11.5 Å². The van der Waals surface area contributed by atoms with Gasteiger partial charge in [0.2, 0.25) is 0 Å². The lowest BCUT2D eigenvalue weighted by atomic mass is 10.2. The second-order valence-electron chi connectivity index (χ2n) is 4.16. The minimum Gasteiger partial charge on any atom is -0.486 e. The Labute approximate surface area is 114 Å². The van der Waals surface area contributed by atoms with Gasteiger partial charge in [-0.15, -0.1) is 11.8 Å². The van der Waals surface area contributed by atoms with Crippen LogP contribution in [0.1, 0.15) is 13.3 Å². The Balaban J connectivity index is 2.31. The summed E-state index contributed by atoms with van der Waals surface area (Å²) in [5.74, 6) is 0.952. The summed E-state index contributed by atoms with van der Waals surface area (Å²) in [6, 6.07) is 3.05. The van der Waals surface area contributed by atoms with Crippen LogP contribution in [0.25, 0.3) is 0 Å². The number of fused-ring (bicyclic) bond motifs is 1. The van der Waals surface area contributed by atoms with Crippen molar-refractivity contribution in [3.05, 3.63) is 22.2 Å². The lowest BCUT2D eigenvalue weighted by Gasteiger charge is -2.19. The van der Waals surface area contributed by atoms with Crippen molar-refractivity contribution in [2.24, 2.45) is 0 Å². The fraction of sp³-hybridized carbons (Fsp3) is 0.500. The molecule has 1 N–H and O–H groups in total. The number of nitro benzene ring substituents is 1. The van der Waals surface area contributed by atoms with E-state index >= 15 is 0 Å². The Morgan fingerprint density at radius 2 is 2.05 bits per heavy atom. The maximum Gasteiger partial charge on any atom is 0.286 e. The Hall–Kier alpha value is -1.47. The molecule has 0 saturated heterocycles. The molecule has 1 aromatic carbocycles. The average Bonchev–Trinajstić information content (AvgIpc) is 2.38. The number of ether oxygens (including phenoxy) is 2. The normalized spacial score (nSPS) is 15.1. The quantitative estimate of drug-likeness (QED) is 0.507. The minimum atomic E-state index is -0.424. The van der Waals surface area contributed by atoms with Crippen LogP contribution >= 0.6 is 11.8 Å². The van der Waals surface area contributed by atoms with E-state index in [0.717, 1.165) is 0 Å². The van der Waals surface area contributed by atoms with Gasteiger partial charge in [-0.1, -0.05) is 6.92 Å². The largest absolute Gasteiger partial charge is 0.486 e. The van der Waals surface area contributed by atoms with Gasteiger partial charge in [0.1, 0.15) is 13.2 Å². The van der Waals surface area contributed by atoms with Gasteiger partial charge >= 0.3 is 0 Å². The van der Waals surface area contributed by atoms with Crippen LogP contribution in [0.4, 0.5) is 5.69 Å². The second-order valence-corrected chi connectivity index (χ2v) is 5.64. The summed E-state index contributed by atoms with van der Waals surface area (Å²) < 4.78 is 10.8. The van der Waals surface area contributed by atoms with Crippen LogP contribution in [-0.2, 0) is 0 Å².